The van der Waals surface area contributed by atoms with Crippen LogP contribution in [0.2, 0.25) is 0 Å². The lowest BCUT2D eigenvalue weighted by molar-refractivity contribution is 0.598. The summed E-state index contributed by atoms with van der Waals surface area (Å²) in [6.45, 7) is 2.01. The minimum atomic E-state index is -1.65. The second kappa shape index (κ2) is 3.35. The van der Waals surface area contributed by atoms with Crippen molar-refractivity contribution >= 4 is 13.1 Å². The molecule has 1 heterocycles. The van der Waals surface area contributed by atoms with Crippen LogP contribution in [-0.4, -0.2) is 0 Å². The molecule has 0 N–H and O–H groups in total. The third-order valence-electron chi connectivity index (χ3n) is 2.19. The van der Waals surface area contributed by atoms with E-state index in [1.54, 1.807) is 0 Å². The van der Waals surface area contributed by atoms with Gasteiger partial charge in [-0.25, -0.2) is 0 Å². The Balaban J connectivity index is 2.50. The fourth-order valence-corrected chi connectivity index (χ4v) is 3.03. The van der Waals surface area contributed by atoms with Crippen LogP contribution in [0.3, 0.4) is 0 Å². The Morgan fingerprint density at radius 2 is 1.85 bits per heavy atom. The summed E-state index contributed by atoms with van der Waals surface area (Å²) in [5.74, 6) is 1.81. The van der Waals surface area contributed by atoms with Crippen LogP contribution in [-0.2, 0) is 4.57 Å². The molecule has 1 atom stereocenters. The third kappa shape index (κ3) is 1.52. The number of rotatable bonds is 1. The predicted molar refractivity (Wildman–Crippen MR) is 57.2 cm³/mol. The molecule has 0 aliphatic carbocycles. The van der Waals surface area contributed by atoms with Crippen molar-refractivity contribution in [2.24, 2.45) is 0 Å². The topological polar surface area (TPSA) is 17.1 Å². The second-order valence-corrected chi connectivity index (χ2v) is 4.68. The summed E-state index contributed by atoms with van der Waals surface area (Å²) in [6.07, 6.45) is 1.95. The molecule has 0 amide bonds. The zero-order chi connectivity index (χ0) is 9.26. The van der Waals surface area contributed by atoms with Crippen LogP contribution in [0.5, 0.6) is 0 Å². The first-order valence-corrected chi connectivity index (χ1v) is 5.76. The summed E-state index contributed by atoms with van der Waals surface area (Å²) < 4.78 is 11.6. The lowest BCUT2D eigenvalue weighted by atomic mass is 10.1. The van der Waals surface area contributed by atoms with E-state index in [1.807, 2.05) is 49.1 Å². The predicted octanol–water partition coefficient (Wildman–Crippen LogP) is 3.50. The number of allylic oxidation sites excluding steroid dienone is 2. The van der Waals surface area contributed by atoms with Crippen molar-refractivity contribution < 1.29 is 4.57 Å². The molecule has 1 aliphatic heterocycles. The molecular weight excluding hydrogens is 179 g/mol. The number of benzene rings is 1. The summed E-state index contributed by atoms with van der Waals surface area (Å²) in [7, 11) is -1.65. The Kier molecular flexibility index (Phi) is 2.20. The molecule has 2 rings (SSSR count). The van der Waals surface area contributed by atoms with Gasteiger partial charge < -0.3 is 4.57 Å². The number of hydrogen-bond acceptors (Lipinski definition) is 1. The molecule has 0 spiro atoms. The maximum atomic E-state index is 11.6. The molecule has 0 saturated heterocycles. The smallest absolute Gasteiger partial charge is 0.125 e. The molecule has 66 valence electrons. The molecule has 1 aromatic rings. The van der Waals surface area contributed by atoms with Crippen molar-refractivity contribution in [3.05, 3.63) is 53.4 Å². The first-order valence-electron chi connectivity index (χ1n) is 4.28. The van der Waals surface area contributed by atoms with Gasteiger partial charge in [0.05, 0.1) is 0 Å². The maximum absolute atomic E-state index is 11.6. The van der Waals surface area contributed by atoms with E-state index in [0.717, 1.165) is 16.5 Å². The molecule has 1 aromatic carbocycles. The first kappa shape index (κ1) is 8.52. The second-order valence-electron chi connectivity index (χ2n) is 3.12. The van der Waals surface area contributed by atoms with Crippen LogP contribution in [0.1, 0.15) is 12.5 Å². The molecule has 0 radical (unpaired) electrons. The average Bonchev–Trinajstić information content (AvgIpc) is 2.48. The van der Waals surface area contributed by atoms with E-state index in [2.05, 4.69) is 0 Å². The van der Waals surface area contributed by atoms with Gasteiger partial charge in [-0.1, -0.05) is 36.4 Å². The van der Waals surface area contributed by atoms with Gasteiger partial charge in [0.25, 0.3) is 0 Å². The third-order valence-corrected chi connectivity index (χ3v) is 3.83. The molecular formula is C11H11OP. The Labute approximate surface area is 78.6 Å². The van der Waals surface area contributed by atoms with Gasteiger partial charge in [-0.2, -0.15) is 0 Å². The van der Waals surface area contributed by atoms with Gasteiger partial charge in [0.15, 0.2) is 0 Å². The summed E-state index contributed by atoms with van der Waals surface area (Å²) in [5.41, 5.74) is 2.23. The van der Waals surface area contributed by atoms with Gasteiger partial charge in [-0.15, -0.1) is 0 Å². The van der Waals surface area contributed by atoms with Crippen molar-refractivity contribution in [2.45, 2.75) is 6.92 Å². The highest BCUT2D eigenvalue weighted by atomic mass is 31.1. The summed E-state index contributed by atoms with van der Waals surface area (Å²) in [4.78, 5) is 0. The van der Waals surface area contributed by atoms with Gasteiger partial charge in [0.2, 0.25) is 0 Å². The fourth-order valence-electron chi connectivity index (χ4n) is 1.54. The SMILES string of the molecule is CC1=C(c2ccccc2)[PH](=O)C=C1. The Morgan fingerprint density at radius 3 is 2.38 bits per heavy atom. The van der Waals surface area contributed by atoms with Crippen LogP contribution in [0, 0.1) is 0 Å². The van der Waals surface area contributed by atoms with Crippen LogP contribution in [0.4, 0.5) is 0 Å². The van der Waals surface area contributed by atoms with Crippen LogP contribution in [0.15, 0.2) is 47.8 Å². The van der Waals surface area contributed by atoms with Crippen molar-refractivity contribution in [2.75, 3.05) is 0 Å². The van der Waals surface area contributed by atoms with Gasteiger partial charge in [0.1, 0.15) is 7.80 Å². The Hall–Kier alpha value is -1.07. The molecule has 0 bridgehead atoms. The summed E-state index contributed by atoms with van der Waals surface area (Å²) >= 11 is 0. The van der Waals surface area contributed by atoms with Gasteiger partial charge in [-0.05, 0) is 23.9 Å². The summed E-state index contributed by atoms with van der Waals surface area (Å²) in [6, 6.07) is 9.94. The van der Waals surface area contributed by atoms with Crippen molar-refractivity contribution in [3.8, 4) is 0 Å². The maximum Gasteiger partial charge on any atom is 0.125 e. The zero-order valence-electron chi connectivity index (χ0n) is 7.45. The Bertz CT molecular complexity index is 401. The van der Waals surface area contributed by atoms with Crippen LogP contribution < -0.4 is 0 Å². The van der Waals surface area contributed by atoms with E-state index in [-0.39, 0.29) is 0 Å². The van der Waals surface area contributed by atoms with E-state index in [4.69, 9.17) is 0 Å². The summed E-state index contributed by atoms with van der Waals surface area (Å²) in [5, 5.41) is 1.02. The van der Waals surface area contributed by atoms with E-state index in [9.17, 15) is 4.57 Å². The lowest BCUT2D eigenvalue weighted by Gasteiger charge is -2.02. The monoisotopic (exact) mass is 190 g/mol. The highest BCUT2D eigenvalue weighted by Crippen LogP contribution is 2.48. The van der Waals surface area contributed by atoms with Crippen molar-refractivity contribution in [3.63, 3.8) is 0 Å². The largest absolute Gasteiger partial charge is 0.318 e. The minimum Gasteiger partial charge on any atom is -0.318 e. The standard InChI is InChI=1S/C11H11OP/c1-9-7-8-13(12)11(9)10-5-3-2-4-6-10/h2-8,13H,1H3. The molecule has 0 fully saturated rings. The normalized spacial score (nSPS) is 21.2. The fraction of sp³-hybridized carbons (Fsp3) is 0.0909. The zero-order valence-corrected chi connectivity index (χ0v) is 8.45. The molecule has 1 aliphatic rings. The molecule has 0 aromatic heterocycles. The lowest BCUT2D eigenvalue weighted by Crippen LogP contribution is -1.78. The van der Waals surface area contributed by atoms with E-state index >= 15 is 0 Å². The van der Waals surface area contributed by atoms with Crippen molar-refractivity contribution in [1.29, 1.82) is 0 Å². The molecule has 0 saturated carbocycles. The van der Waals surface area contributed by atoms with Crippen LogP contribution >= 0.6 is 7.80 Å². The van der Waals surface area contributed by atoms with Gasteiger partial charge >= 0.3 is 0 Å². The van der Waals surface area contributed by atoms with Crippen LogP contribution in [0.25, 0.3) is 5.31 Å². The van der Waals surface area contributed by atoms with E-state index < -0.39 is 7.80 Å². The first-order chi connectivity index (χ1) is 6.29. The molecule has 2 heteroatoms. The van der Waals surface area contributed by atoms with Crippen molar-refractivity contribution in [1.82, 2.24) is 0 Å². The minimum absolute atomic E-state index is 1.02. The Morgan fingerprint density at radius 1 is 1.15 bits per heavy atom. The van der Waals surface area contributed by atoms with Gasteiger partial charge in [-0.3, -0.25) is 0 Å². The highest BCUT2D eigenvalue weighted by molar-refractivity contribution is 7.60. The number of hydrogen-bond donors (Lipinski definition) is 0. The highest BCUT2D eigenvalue weighted by Gasteiger charge is 2.13. The average molecular weight is 190 g/mol. The van der Waals surface area contributed by atoms with E-state index in [0.29, 0.717) is 0 Å². The van der Waals surface area contributed by atoms with E-state index in [1.165, 1.54) is 0 Å². The molecule has 1 unspecified atom stereocenters. The van der Waals surface area contributed by atoms with Gasteiger partial charge in [0, 0.05) is 5.31 Å². The molecule has 13 heavy (non-hydrogen) atoms. The molecule has 1 nitrogen and oxygen atoms in total. The quantitative estimate of drug-likeness (QED) is 0.619.